The predicted octanol–water partition coefficient (Wildman–Crippen LogP) is 6.54. The summed E-state index contributed by atoms with van der Waals surface area (Å²) in [4.78, 5) is 11.1. The van der Waals surface area contributed by atoms with Crippen LogP contribution < -0.4 is 14.2 Å². The molecule has 1 aromatic heterocycles. The number of ether oxygens (including phenoxy) is 3. The van der Waals surface area contributed by atoms with Crippen LogP contribution in [0.3, 0.4) is 0 Å². The Bertz CT molecular complexity index is 1610. The summed E-state index contributed by atoms with van der Waals surface area (Å²) < 4.78 is 35.3. The molecule has 8 nitrogen and oxygen atoms in total. The molecule has 214 valence electrons. The summed E-state index contributed by atoms with van der Waals surface area (Å²) in [5.74, 6) is 0.988. The lowest BCUT2D eigenvalue weighted by atomic mass is 9.98. The van der Waals surface area contributed by atoms with Gasteiger partial charge in [0, 0.05) is 46.7 Å². The molecule has 2 heterocycles. The normalized spacial score (nSPS) is 17.8. The van der Waals surface area contributed by atoms with E-state index in [2.05, 4.69) is 5.10 Å². The molecule has 3 aromatic carbocycles. The maximum Gasteiger partial charge on any atom is 0.304 e. The van der Waals surface area contributed by atoms with Gasteiger partial charge in [-0.25, -0.2) is 4.39 Å². The Labute approximate surface area is 237 Å². The van der Waals surface area contributed by atoms with Gasteiger partial charge < -0.3 is 24.4 Å². The van der Waals surface area contributed by atoms with Crippen LogP contribution in [0.15, 0.2) is 54.7 Å². The zero-order valence-corrected chi connectivity index (χ0v) is 23.1. The van der Waals surface area contributed by atoms with Crippen molar-refractivity contribution in [1.82, 2.24) is 9.78 Å². The largest absolute Gasteiger partial charge is 0.492 e. The molecule has 9 heteroatoms. The number of hydrogen-bond acceptors (Lipinski definition) is 6. The van der Waals surface area contributed by atoms with Crippen LogP contribution >= 0.6 is 0 Å². The lowest BCUT2D eigenvalue weighted by Crippen LogP contribution is -2.19. The van der Waals surface area contributed by atoms with Crippen molar-refractivity contribution < 1.29 is 33.6 Å². The van der Waals surface area contributed by atoms with E-state index in [9.17, 15) is 9.90 Å². The minimum Gasteiger partial charge on any atom is -0.492 e. The van der Waals surface area contributed by atoms with Crippen LogP contribution in [0.25, 0.3) is 10.9 Å². The van der Waals surface area contributed by atoms with Crippen LogP contribution in [0, 0.1) is 5.82 Å². The highest BCUT2D eigenvalue weighted by Gasteiger charge is 2.32. The summed E-state index contributed by atoms with van der Waals surface area (Å²) in [6.07, 6.45) is 4.00. The Morgan fingerprint density at radius 1 is 1.17 bits per heavy atom. The SMILES string of the molecule is CC(C)(O)CCCn1ncc2ccc(Oc3ccc(F)c4c3CC[C@H]4Oc3ccc4c(c3)OC[C@H]4CC(=O)O)cc21. The number of carbonyl (C=O) groups is 1. The first kappa shape index (κ1) is 27.1. The van der Waals surface area contributed by atoms with E-state index in [4.69, 9.17) is 19.3 Å². The zero-order chi connectivity index (χ0) is 28.7. The quantitative estimate of drug-likeness (QED) is 0.227. The van der Waals surface area contributed by atoms with Gasteiger partial charge in [-0.3, -0.25) is 9.48 Å². The average molecular weight is 561 g/mol. The fourth-order valence-electron chi connectivity index (χ4n) is 5.81. The van der Waals surface area contributed by atoms with Crippen LogP contribution in [-0.2, 0) is 17.8 Å². The van der Waals surface area contributed by atoms with Crippen molar-refractivity contribution in [2.24, 2.45) is 0 Å². The van der Waals surface area contributed by atoms with Crippen LogP contribution in [0.5, 0.6) is 23.0 Å². The molecule has 1 aliphatic heterocycles. The summed E-state index contributed by atoms with van der Waals surface area (Å²) in [6, 6.07) is 14.2. The first-order valence-corrected chi connectivity index (χ1v) is 14.0. The molecule has 0 fully saturated rings. The highest BCUT2D eigenvalue weighted by Crippen LogP contribution is 2.44. The van der Waals surface area contributed by atoms with Crippen molar-refractivity contribution in [3.05, 3.63) is 77.2 Å². The first-order chi connectivity index (χ1) is 19.6. The molecular formula is C32H33FN2O6. The van der Waals surface area contributed by atoms with E-state index < -0.39 is 17.7 Å². The smallest absolute Gasteiger partial charge is 0.304 e. The Balaban J connectivity index is 1.20. The number of aromatic nitrogens is 2. The third kappa shape index (κ3) is 5.72. The molecule has 0 spiro atoms. The number of carboxylic acids is 1. The van der Waals surface area contributed by atoms with Crippen molar-refractivity contribution in [2.45, 2.75) is 70.1 Å². The number of carboxylic acid groups (broad SMARTS) is 1. The van der Waals surface area contributed by atoms with Crippen molar-refractivity contribution in [3.8, 4) is 23.0 Å². The highest BCUT2D eigenvalue weighted by atomic mass is 19.1. The van der Waals surface area contributed by atoms with E-state index in [1.165, 1.54) is 6.07 Å². The molecule has 0 saturated carbocycles. The van der Waals surface area contributed by atoms with Gasteiger partial charge in [0.05, 0.1) is 30.3 Å². The van der Waals surface area contributed by atoms with Crippen LogP contribution in [0.1, 0.15) is 68.2 Å². The van der Waals surface area contributed by atoms with E-state index in [0.29, 0.717) is 61.0 Å². The molecule has 2 aliphatic rings. The number of halogens is 1. The Hall–Kier alpha value is -4.11. The van der Waals surface area contributed by atoms with Gasteiger partial charge in [0.2, 0.25) is 0 Å². The number of aliphatic hydroxyl groups is 1. The van der Waals surface area contributed by atoms with E-state index in [-0.39, 0.29) is 18.2 Å². The Morgan fingerprint density at radius 2 is 2.00 bits per heavy atom. The number of aryl methyl sites for hydroxylation is 1. The van der Waals surface area contributed by atoms with Crippen LogP contribution in [0.4, 0.5) is 4.39 Å². The van der Waals surface area contributed by atoms with Gasteiger partial charge in [-0.05, 0) is 69.9 Å². The molecule has 2 N–H and O–H groups in total. The third-order valence-electron chi connectivity index (χ3n) is 7.81. The minimum atomic E-state index is -0.865. The summed E-state index contributed by atoms with van der Waals surface area (Å²) in [7, 11) is 0. The molecule has 0 unspecified atom stereocenters. The van der Waals surface area contributed by atoms with Gasteiger partial charge in [-0.15, -0.1) is 0 Å². The molecule has 6 rings (SSSR count). The van der Waals surface area contributed by atoms with Crippen LogP contribution in [-0.4, -0.2) is 38.2 Å². The topological polar surface area (TPSA) is 103 Å². The summed E-state index contributed by atoms with van der Waals surface area (Å²) in [6.45, 7) is 4.60. The van der Waals surface area contributed by atoms with Gasteiger partial charge in [-0.2, -0.15) is 5.10 Å². The third-order valence-corrected chi connectivity index (χ3v) is 7.81. The van der Waals surface area contributed by atoms with Gasteiger partial charge in [0.1, 0.15) is 34.9 Å². The average Bonchev–Trinajstić information content (AvgIpc) is 3.63. The lowest BCUT2D eigenvalue weighted by molar-refractivity contribution is -0.137. The van der Waals surface area contributed by atoms with E-state index in [0.717, 1.165) is 28.5 Å². The van der Waals surface area contributed by atoms with Crippen molar-refractivity contribution in [3.63, 3.8) is 0 Å². The van der Waals surface area contributed by atoms with E-state index in [1.54, 1.807) is 32.0 Å². The van der Waals surface area contributed by atoms with Gasteiger partial charge in [-0.1, -0.05) is 6.07 Å². The number of fused-ring (bicyclic) bond motifs is 3. The zero-order valence-electron chi connectivity index (χ0n) is 23.1. The molecule has 0 amide bonds. The van der Waals surface area contributed by atoms with Crippen molar-refractivity contribution >= 4 is 16.9 Å². The second-order valence-corrected chi connectivity index (χ2v) is 11.5. The summed E-state index contributed by atoms with van der Waals surface area (Å²) >= 11 is 0. The van der Waals surface area contributed by atoms with Crippen molar-refractivity contribution in [1.29, 1.82) is 0 Å². The monoisotopic (exact) mass is 560 g/mol. The molecule has 2 atom stereocenters. The molecular weight excluding hydrogens is 527 g/mol. The second kappa shape index (κ2) is 10.7. The Kier molecular flexibility index (Phi) is 7.07. The number of nitrogens with zero attached hydrogens (tertiary/aromatic N) is 2. The molecule has 0 radical (unpaired) electrons. The number of benzene rings is 3. The predicted molar refractivity (Wildman–Crippen MR) is 150 cm³/mol. The summed E-state index contributed by atoms with van der Waals surface area (Å²) in [5.41, 5.74) is 2.34. The second-order valence-electron chi connectivity index (χ2n) is 11.5. The summed E-state index contributed by atoms with van der Waals surface area (Å²) in [5, 5.41) is 24.7. The molecule has 1 aliphatic carbocycles. The lowest BCUT2D eigenvalue weighted by Gasteiger charge is -2.17. The van der Waals surface area contributed by atoms with E-state index >= 15 is 4.39 Å². The van der Waals surface area contributed by atoms with Crippen LogP contribution in [0.2, 0.25) is 0 Å². The number of aliphatic carboxylic acids is 1. The van der Waals surface area contributed by atoms with Gasteiger partial charge in [0.25, 0.3) is 0 Å². The fourth-order valence-corrected chi connectivity index (χ4v) is 5.81. The van der Waals surface area contributed by atoms with E-state index in [1.807, 2.05) is 35.1 Å². The first-order valence-electron chi connectivity index (χ1n) is 14.0. The fraction of sp³-hybridized carbons (Fsp3) is 0.375. The van der Waals surface area contributed by atoms with Gasteiger partial charge >= 0.3 is 5.97 Å². The molecule has 0 saturated heterocycles. The van der Waals surface area contributed by atoms with Crippen molar-refractivity contribution in [2.75, 3.05) is 6.61 Å². The molecule has 41 heavy (non-hydrogen) atoms. The highest BCUT2D eigenvalue weighted by molar-refractivity contribution is 5.80. The number of rotatable bonds is 10. The maximum absolute atomic E-state index is 15.1. The molecule has 4 aromatic rings. The van der Waals surface area contributed by atoms with Gasteiger partial charge in [0.15, 0.2) is 0 Å². The standard InChI is InChI=1S/C32H33FN2O6/c1-32(2,38)12-3-13-35-26-15-21(5-4-19(26)17-34-35)40-27-11-9-25(33)31-24(27)8-10-28(31)41-22-6-7-23-20(14-30(36)37)18-39-29(23)16-22/h4-7,9,11,15-17,20,28,38H,3,8,10,12-14,18H2,1-2H3,(H,36,37)/t20-,28-/m1/s1. The minimum absolute atomic E-state index is 0.00846. The maximum atomic E-state index is 15.1. The Morgan fingerprint density at radius 3 is 2.80 bits per heavy atom. The number of hydrogen-bond donors (Lipinski definition) is 2. The molecule has 0 bridgehead atoms.